The van der Waals surface area contributed by atoms with Crippen LogP contribution in [0.1, 0.15) is 48.8 Å². The highest BCUT2D eigenvalue weighted by Crippen LogP contribution is 2.11. The first-order valence-corrected chi connectivity index (χ1v) is 14.9. The van der Waals surface area contributed by atoms with Crippen LogP contribution in [0.25, 0.3) is 0 Å². The monoisotopic (exact) mass is 611 g/mol. The average molecular weight is 612 g/mol. The molecule has 0 fully saturated rings. The molecule has 0 heterocycles. The molecule has 2 aromatic rings. The van der Waals surface area contributed by atoms with Gasteiger partial charge in [-0.25, -0.2) is 0 Å². The molecule has 240 valence electrons. The Morgan fingerprint density at radius 2 is 1.30 bits per heavy atom. The van der Waals surface area contributed by atoms with Crippen molar-refractivity contribution in [1.82, 2.24) is 16.0 Å². The maximum atomic E-state index is 12.6. The first-order chi connectivity index (χ1) is 21.3. The van der Waals surface area contributed by atoms with Crippen LogP contribution >= 0.6 is 0 Å². The number of aryl methyl sites for hydroxylation is 2. The van der Waals surface area contributed by atoms with Crippen LogP contribution in [-0.4, -0.2) is 82.6 Å². The van der Waals surface area contributed by atoms with Crippen molar-refractivity contribution in [3.63, 3.8) is 0 Å². The molecule has 0 bridgehead atoms. The predicted molar refractivity (Wildman–Crippen MR) is 165 cm³/mol. The molecule has 1 atom stereocenters. The molecule has 0 aromatic heterocycles. The molecule has 3 amide bonds. The van der Waals surface area contributed by atoms with E-state index in [4.69, 9.17) is 14.2 Å². The van der Waals surface area contributed by atoms with Crippen molar-refractivity contribution in [3.8, 4) is 0 Å². The van der Waals surface area contributed by atoms with Crippen molar-refractivity contribution in [2.24, 2.45) is 0 Å². The summed E-state index contributed by atoms with van der Waals surface area (Å²) in [5, 5.41) is 7.68. The number of carbonyl (C=O) groups excluding carboxylic acids is 5. The lowest BCUT2D eigenvalue weighted by atomic mass is 10.0. The predicted octanol–water partition coefficient (Wildman–Crippen LogP) is 2.09. The number of rotatable bonds is 22. The fraction of sp³-hybridized carbons (Fsp3) is 0.485. The van der Waals surface area contributed by atoms with E-state index in [-0.39, 0.29) is 70.3 Å². The summed E-state index contributed by atoms with van der Waals surface area (Å²) < 4.78 is 14.8. The second kappa shape index (κ2) is 21.6. The van der Waals surface area contributed by atoms with Crippen LogP contribution < -0.4 is 16.0 Å². The minimum Gasteiger partial charge on any atom is -0.458 e. The van der Waals surface area contributed by atoms with Gasteiger partial charge in [0.05, 0.1) is 19.6 Å². The zero-order valence-corrected chi connectivity index (χ0v) is 25.7. The molecule has 44 heavy (non-hydrogen) atoms. The quantitative estimate of drug-likeness (QED) is 0.135. The lowest BCUT2D eigenvalue weighted by molar-refractivity contribution is -0.147. The van der Waals surface area contributed by atoms with Crippen molar-refractivity contribution in [2.45, 2.75) is 57.4 Å². The smallest absolute Gasteiger partial charge is 0.308 e. The zero-order chi connectivity index (χ0) is 32.0. The molecule has 0 spiro atoms. The summed E-state index contributed by atoms with van der Waals surface area (Å²) in [7, 11) is 2.92. The minimum atomic E-state index is -1.05. The summed E-state index contributed by atoms with van der Waals surface area (Å²) in [5.41, 5.74) is 3.41. The second-order valence-corrected chi connectivity index (χ2v) is 10.3. The van der Waals surface area contributed by atoms with E-state index in [1.165, 1.54) is 25.3 Å². The number of Topliss-reactive ketones (excluding diaryl/α,β-unsaturated/α-hetero) is 1. The third-order valence-electron chi connectivity index (χ3n) is 6.69. The van der Waals surface area contributed by atoms with E-state index in [2.05, 4.69) is 40.2 Å². The van der Waals surface area contributed by atoms with Crippen LogP contribution in [0.15, 0.2) is 54.6 Å². The van der Waals surface area contributed by atoms with Crippen LogP contribution in [0.4, 0.5) is 0 Å². The van der Waals surface area contributed by atoms with Gasteiger partial charge >= 0.3 is 5.97 Å². The Hall–Kier alpha value is -4.09. The highest BCUT2D eigenvalue weighted by Gasteiger charge is 2.21. The van der Waals surface area contributed by atoms with Crippen molar-refractivity contribution < 1.29 is 38.2 Å². The van der Waals surface area contributed by atoms with E-state index in [0.29, 0.717) is 0 Å². The molecule has 0 saturated heterocycles. The molecule has 0 aliphatic heterocycles. The van der Waals surface area contributed by atoms with Crippen LogP contribution in [0, 0.1) is 0 Å². The summed E-state index contributed by atoms with van der Waals surface area (Å²) in [6.07, 6.45) is 4.35. The van der Waals surface area contributed by atoms with E-state index in [1.807, 2.05) is 30.3 Å². The number of nitrogens with one attached hydrogen (secondary N) is 3. The lowest BCUT2D eigenvalue weighted by Crippen LogP contribution is -2.53. The second-order valence-electron chi connectivity index (χ2n) is 10.3. The molecule has 0 aliphatic carbocycles. The van der Waals surface area contributed by atoms with Gasteiger partial charge in [0.1, 0.15) is 12.6 Å². The highest BCUT2D eigenvalue weighted by atomic mass is 16.5. The number of hydrogen-bond donors (Lipinski definition) is 3. The summed E-state index contributed by atoms with van der Waals surface area (Å²) >= 11 is 0. The molecule has 0 saturated carbocycles. The standard InChI is InChI=1S/C33H45N3O8/c1-42-20-17-30(38)35-23-29(36-31(39)18-21-43-2)33(41)34-19-16-32(40)44-24-28(37)22-27-14-12-26(13-15-27)11-7-6-10-25-8-4-3-5-9-25/h3-5,8-9,12-15,29H,6-7,10-11,16-24H2,1-2H3,(H,34,41)(H,35,38)(H,36,39)/t29-/m0/s1. The Morgan fingerprint density at radius 1 is 0.705 bits per heavy atom. The summed E-state index contributed by atoms with van der Waals surface area (Å²) in [5.74, 6) is -2.22. The number of methoxy groups -OCH3 is 2. The molecule has 11 nitrogen and oxygen atoms in total. The minimum absolute atomic E-state index is 0.0393. The third-order valence-corrected chi connectivity index (χ3v) is 6.69. The Balaban J connectivity index is 1.67. The van der Waals surface area contributed by atoms with Crippen LogP contribution in [-0.2, 0) is 57.4 Å². The fourth-order valence-electron chi connectivity index (χ4n) is 4.22. The number of ether oxygens (including phenoxy) is 3. The summed E-state index contributed by atoms with van der Waals surface area (Å²) in [6.45, 7) is -0.177. The molecular formula is C33H45N3O8. The molecule has 0 aliphatic rings. The van der Waals surface area contributed by atoms with Gasteiger partial charge in [0.15, 0.2) is 5.78 Å². The van der Waals surface area contributed by atoms with E-state index < -0.39 is 23.8 Å². The van der Waals surface area contributed by atoms with Gasteiger partial charge in [0.2, 0.25) is 17.7 Å². The fourth-order valence-corrected chi connectivity index (χ4v) is 4.22. The Bertz CT molecular complexity index is 1170. The molecule has 2 aromatic carbocycles. The topological polar surface area (TPSA) is 149 Å². The van der Waals surface area contributed by atoms with Gasteiger partial charge in [-0.2, -0.15) is 0 Å². The summed E-state index contributed by atoms with van der Waals surface area (Å²) in [4.78, 5) is 61.1. The SMILES string of the molecule is COCCC(=O)NC[C@H](NC(=O)CCOC)C(=O)NCCC(=O)OCC(=O)Cc1ccc(CCCCc2ccccc2)cc1. The highest BCUT2D eigenvalue weighted by molar-refractivity contribution is 5.89. The van der Waals surface area contributed by atoms with Gasteiger partial charge in [-0.05, 0) is 42.4 Å². The molecule has 3 N–H and O–H groups in total. The first kappa shape index (κ1) is 36.1. The Kier molecular flexibility index (Phi) is 17.7. The third kappa shape index (κ3) is 15.9. The molecular weight excluding hydrogens is 566 g/mol. The number of ketones is 1. The van der Waals surface area contributed by atoms with Crippen molar-refractivity contribution in [2.75, 3.05) is 47.1 Å². The van der Waals surface area contributed by atoms with Crippen molar-refractivity contribution >= 4 is 29.5 Å². The van der Waals surface area contributed by atoms with Gasteiger partial charge < -0.3 is 30.2 Å². The number of carbonyl (C=O) groups is 5. The van der Waals surface area contributed by atoms with Gasteiger partial charge in [0.25, 0.3) is 0 Å². The molecule has 0 unspecified atom stereocenters. The number of benzene rings is 2. The van der Waals surface area contributed by atoms with Crippen molar-refractivity contribution in [3.05, 3.63) is 71.3 Å². The molecule has 0 radical (unpaired) electrons. The van der Waals surface area contributed by atoms with E-state index in [1.54, 1.807) is 0 Å². The average Bonchev–Trinajstić information content (AvgIpc) is 3.03. The van der Waals surface area contributed by atoms with Gasteiger partial charge in [-0.15, -0.1) is 0 Å². The molecule has 11 heteroatoms. The summed E-state index contributed by atoms with van der Waals surface area (Å²) in [6, 6.07) is 17.3. The Labute approximate surface area is 259 Å². The van der Waals surface area contributed by atoms with Crippen LogP contribution in [0.3, 0.4) is 0 Å². The maximum absolute atomic E-state index is 12.6. The van der Waals surface area contributed by atoms with E-state index >= 15 is 0 Å². The number of unbranched alkanes of at least 4 members (excludes halogenated alkanes) is 1. The van der Waals surface area contributed by atoms with E-state index in [0.717, 1.165) is 31.2 Å². The zero-order valence-electron chi connectivity index (χ0n) is 25.7. The maximum Gasteiger partial charge on any atom is 0.308 e. The van der Waals surface area contributed by atoms with Gasteiger partial charge in [0, 0.05) is 46.6 Å². The number of amides is 3. The van der Waals surface area contributed by atoms with Crippen LogP contribution in [0.2, 0.25) is 0 Å². The number of hydrogen-bond acceptors (Lipinski definition) is 8. The van der Waals surface area contributed by atoms with Gasteiger partial charge in [-0.1, -0.05) is 54.6 Å². The number of esters is 1. The largest absolute Gasteiger partial charge is 0.458 e. The van der Waals surface area contributed by atoms with E-state index in [9.17, 15) is 24.0 Å². The Morgan fingerprint density at radius 3 is 1.93 bits per heavy atom. The van der Waals surface area contributed by atoms with Gasteiger partial charge in [-0.3, -0.25) is 24.0 Å². The van der Waals surface area contributed by atoms with Crippen LogP contribution in [0.5, 0.6) is 0 Å². The normalized spacial score (nSPS) is 11.3. The first-order valence-electron chi connectivity index (χ1n) is 14.9. The lowest BCUT2D eigenvalue weighted by Gasteiger charge is -2.19. The van der Waals surface area contributed by atoms with Crippen molar-refractivity contribution in [1.29, 1.82) is 0 Å². The molecule has 2 rings (SSSR count).